The molecule has 0 unspecified atom stereocenters. The minimum Gasteiger partial charge on any atom is -0.481 e. The van der Waals surface area contributed by atoms with Crippen LogP contribution >= 0.6 is 22.6 Å². The van der Waals surface area contributed by atoms with Crippen LogP contribution in [0.4, 0.5) is 22.0 Å². The summed E-state index contributed by atoms with van der Waals surface area (Å²) in [6.45, 7) is 0. The summed E-state index contributed by atoms with van der Waals surface area (Å²) in [7, 11) is 0. The number of rotatable bonds is 3. The lowest BCUT2D eigenvalue weighted by Gasteiger charge is -2.14. The number of nitrogens with zero attached hydrogens (tertiary/aromatic N) is 1. The number of hydrogen-bond acceptors (Lipinski definition) is 2. The number of halogens is 6. The lowest BCUT2D eigenvalue weighted by Crippen LogP contribution is -2.15. The molecule has 1 N–H and O–H groups in total. The average Bonchev–Trinajstić information content (AvgIpc) is 2.13. The van der Waals surface area contributed by atoms with Crippen molar-refractivity contribution < 1.29 is 31.9 Å². The van der Waals surface area contributed by atoms with Gasteiger partial charge < -0.3 is 5.11 Å². The van der Waals surface area contributed by atoms with Crippen molar-refractivity contribution in [2.75, 3.05) is 0 Å². The Bertz CT molecular complexity index is 475. The Hall–Kier alpha value is -1.00. The molecule has 0 spiro atoms. The second kappa shape index (κ2) is 5.33. The van der Waals surface area contributed by atoms with Crippen molar-refractivity contribution in [2.24, 2.45) is 0 Å². The third-order valence-corrected chi connectivity index (χ3v) is 3.14. The summed E-state index contributed by atoms with van der Waals surface area (Å²) in [5, 5.41) is 8.48. The number of aromatic nitrogens is 1. The number of carbonyl (C=O) groups is 1. The predicted octanol–water partition coefficient (Wildman–Crippen LogP) is 3.27. The highest BCUT2D eigenvalue weighted by Gasteiger charge is 2.36. The molecule has 0 fully saturated rings. The van der Waals surface area contributed by atoms with E-state index in [1.807, 2.05) is 0 Å². The van der Waals surface area contributed by atoms with Crippen molar-refractivity contribution in [3.05, 3.63) is 26.6 Å². The molecule has 0 aliphatic carbocycles. The van der Waals surface area contributed by atoms with Gasteiger partial charge in [0.1, 0.15) is 0 Å². The second-order valence-corrected chi connectivity index (χ2v) is 4.29. The van der Waals surface area contributed by atoms with Crippen LogP contribution in [0.2, 0.25) is 0 Å². The molecule has 3 nitrogen and oxygen atoms in total. The third kappa shape index (κ3) is 3.27. The molecule has 0 aliphatic heterocycles. The maximum atomic E-state index is 12.7. The van der Waals surface area contributed by atoms with Crippen LogP contribution < -0.4 is 0 Å². The zero-order valence-electron chi connectivity index (χ0n) is 8.43. The van der Waals surface area contributed by atoms with Gasteiger partial charge in [0.25, 0.3) is 6.43 Å². The first-order chi connectivity index (χ1) is 8.14. The summed E-state index contributed by atoms with van der Waals surface area (Å²) in [4.78, 5) is 13.6. The number of alkyl halides is 5. The molecule has 9 heteroatoms. The van der Waals surface area contributed by atoms with Crippen molar-refractivity contribution in [3.8, 4) is 0 Å². The van der Waals surface area contributed by atoms with Crippen LogP contribution in [0.15, 0.2) is 6.20 Å². The Kier molecular flexibility index (Phi) is 4.46. The molecule has 0 saturated carbocycles. The molecule has 0 aromatic carbocycles. The first kappa shape index (κ1) is 15.1. The molecule has 0 atom stereocenters. The Morgan fingerprint density at radius 1 is 1.44 bits per heavy atom. The van der Waals surface area contributed by atoms with Crippen LogP contribution in [0.1, 0.15) is 23.2 Å². The van der Waals surface area contributed by atoms with E-state index in [9.17, 15) is 26.7 Å². The highest BCUT2D eigenvalue weighted by Crippen LogP contribution is 2.37. The normalized spacial score (nSPS) is 11.9. The lowest BCUT2D eigenvalue weighted by molar-refractivity contribution is -0.138. The number of carboxylic acids is 1. The highest BCUT2D eigenvalue weighted by molar-refractivity contribution is 14.1. The van der Waals surface area contributed by atoms with Gasteiger partial charge in [-0.3, -0.25) is 9.78 Å². The van der Waals surface area contributed by atoms with E-state index in [1.54, 1.807) is 0 Å². The predicted molar refractivity (Wildman–Crippen MR) is 58.3 cm³/mol. The summed E-state index contributed by atoms with van der Waals surface area (Å²) < 4.78 is 62.1. The van der Waals surface area contributed by atoms with Gasteiger partial charge >= 0.3 is 12.1 Å². The molecule has 0 saturated heterocycles. The van der Waals surface area contributed by atoms with Crippen LogP contribution in [0.25, 0.3) is 0 Å². The first-order valence-electron chi connectivity index (χ1n) is 4.39. The summed E-state index contributed by atoms with van der Waals surface area (Å²) in [5.41, 5.74) is -2.84. The highest BCUT2D eigenvalue weighted by atomic mass is 127. The van der Waals surface area contributed by atoms with Gasteiger partial charge in [-0.2, -0.15) is 13.2 Å². The molecule has 0 radical (unpaired) electrons. The van der Waals surface area contributed by atoms with Crippen molar-refractivity contribution in [1.82, 2.24) is 4.98 Å². The van der Waals surface area contributed by atoms with E-state index in [0.29, 0.717) is 6.20 Å². The number of aliphatic carboxylic acids is 1. The molecule has 1 rings (SSSR count). The van der Waals surface area contributed by atoms with Gasteiger partial charge in [-0.15, -0.1) is 0 Å². The monoisotopic (exact) mass is 381 g/mol. The fourth-order valence-electron chi connectivity index (χ4n) is 1.24. The Balaban J connectivity index is 3.42. The van der Waals surface area contributed by atoms with Gasteiger partial charge in [-0.25, -0.2) is 8.78 Å². The van der Waals surface area contributed by atoms with Gasteiger partial charge in [0, 0.05) is 9.77 Å². The molecule has 1 aromatic heterocycles. The number of carboxylic acid groups (broad SMARTS) is 1. The van der Waals surface area contributed by atoms with Gasteiger partial charge in [0.15, 0.2) is 0 Å². The molecular weight excluding hydrogens is 376 g/mol. The molecule has 1 heterocycles. The fraction of sp³-hybridized carbons (Fsp3) is 0.333. The minimum atomic E-state index is -4.81. The van der Waals surface area contributed by atoms with E-state index < -0.39 is 45.4 Å². The van der Waals surface area contributed by atoms with E-state index in [2.05, 4.69) is 4.98 Å². The third-order valence-electron chi connectivity index (χ3n) is 1.98. The van der Waals surface area contributed by atoms with Gasteiger partial charge in [-0.05, 0) is 22.6 Å². The van der Waals surface area contributed by atoms with Crippen LogP contribution in [-0.2, 0) is 17.4 Å². The van der Waals surface area contributed by atoms with Crippen molar-refractivity contribution in [3.63, 3.8) is 0 Å². The van der Waals surface area contributed by atoms with E-state index in [0.717, 1.165) is 22.6 Å². The van der Waals surface area contributed by atoms with Crippen LogP contribution in [0.5, 0.6) is 0 Å². The summed E-state index contributed by atoms with van der Waals surface area (Å²) >= 11 is 1.12. The smallest absolute Gasteiger partial charge is 0.418 e. The first-order valence-corrected chi connectivity index (χ1v) is 5.47. The number of hydrogen-bond donors (Lipinski definition) is 1. The van der Waals surface area contributed by atoms with Gasteiger partial charge in [0.2, 0.25) is 0 Å². The zero-order chi connectivity index (χ0) is 14.1. The van der Waals surface area contributed by atoms with E-state index in [1.165, 1.54) is 0 Å². The van der Waals surface area contributed by atoms with Crippen LogP contribution in [0.3, 0.4) is 0 Å². The molecule has 100 valence electrons. The molecule has 0 bridgehead atoms. The Labute approximate surface area is 111 Å². The minimum absolute atomic E-state index is 0.367. The zero-order valence-corrected chi connectivity index (χ0v) is 10.6. The van der Waals surface area contributed by atoms with E-state index in [4.69, 9.17) is 5.11 Å². The number of pyridine rings is 1. The molecular formula is C9H5F5INO2. The maximum absolute atomic E-state index is 12.7. The van der Waals surface area contributed by atoms with Gasteiger partial charge in [0.05, 0.1) is 23.2 Å². The SMILES string of the molecule is O=C(O)Cc1ncc(C(F)(F)F)c(I)c1C(F)F. The van der Waals surface area contributed by atoms with Gasteiger partial charge in [-0.1, -0.05) is 0 Å². The Morgan fingerprint density at radius 2 is 2.00 bits per heavy atom. The average molecular weight is 381 g/mol. The Morgan fingerprint density at radius 3 is 2.39 bits per heavy atom. The fourth-order valence-corrected chi connectivity index (χ4v) is 2.24. The summed E-state index contributed by atoms with van der Waals surface area (Å²) in [6, 6.07) is 0. The molecule has 18 heavy (non-hydrogen) atoms. The molecule has 0 aliphatic rings. The standard InChI is InChI=1S/C9H5F5INO2/c10-8(11)6-4(1-5(17)18)16-2-3(7(6)15)9(12,13)14/h2,8H,1H2,(H,17,18). The van der Waals surface area contributed by atoms with Crippen LogP contribution in [0, 0.1) is 3.57 Å². The quantitative estimate of drug-likeness (QED) is 0.646. The lowest BCUT2D eigenvalue weighted by atomic mass is 10.1. The van der Waals surface area contributed by atoms with E-state index >= 15 is 0 Å². The van der Waals surface area contributed by atoms with Crippen molar-refractivity contribution in [1.29, 1.82) is 0 Å². The largest absolute Gasteiger partial charge is 0.481 e. The summed E-state index contributed by atoms with van der Waals surface area (Å²) in [5.74, 6) is -1.44. The maximum Gasteiger partial charge on any atom is 0.418 e. The second-order valence-electron chi connectivity index (χ2n) is 3.22. The summed E-state index contributed by atoms with van der Waals surface area (Å²) in [6.07, 6.45) is -8.52. The van der Waals surface area contributed by atoms with Crippen molar-refractivity contribution in [2.45, 2.75) is 19.0 Å². The molecule has 0 amide bonds. The molecule has 1 aromatic rings. The van der Waals surface area contributed by atoms with Crippen molar-refractivity contribution >= 4 is 28.6 Å². The van der Waals surface area contributed by atoms with Crippen LogP contribution in [-0.4, -0.2) is 16.1 Å². The van der Waals surface area contributed by atoms with E-state index in [-0.39, 0.29) is 0 Å². The topological polar surface area (TPSA) is 50.2 Å².